The van der Waals surface area contributed by atoms with Gasteiger partial charge in [0.15, 0.2) is 5.13 Å². The molecule has 5 rings (SSSR count). The van der Waals surface area contributed by atoms with E-state index in [9.17, 15) is 13.2 Å². The van der Waals surface area contributed by atoms with Crippen LogP contribution < -0.4 is 9.64 Å². The van der Waals surface area contributed by atoms with Gasteiger partial charge in [0.25, 0.3) is 5.91 Å². The standard InChI is InChI=1S/C29H38N4O5S2/c1-3-38-25-6-4-7-26-27(25)30-29(39-26)33(15-5-14-31-18-20-37-21-19-31)28(34)23-8-10-24(11-9-23)40(35,36)32-16-12-22(2)13-17-32/h4,6-11,22H,3,5,12-21H2,1-2H3. The van der Waals surface area contributed by atoms with Crippen molar-refractivity contribution in [2.45, 2.75) is 38.0 Å². The zero-order valence-corrected chi connectivity index (χ0v) is 24.9. The number of sulfonamides is 1. The number of piperidine rings is 1. The maximum Gasteiger partial charge on any atom is 0.260 e. The Bertz CT molecular complexity index is 1400. The Morgan fingerprint density at radius 3 is 2.52 bits per heavy atom. The number of morpholine rings is 1. The van der Waals surface area contributed by atoms with E-state index < -0.39 is 10.0 Å². The van der Waals surface area contributed by atoms with Gasteiger partial charge in [-0.05, 0) is 68.5 Å². The average molecular weight is 587 g/mol. The number of benzene rings is 2. The average Bonchev–Trinajstić information content (AvgIpc) is 3.41. The van der Waals surface area contributed by atoms with Crippen LogP contribution in [0.1, 0.15) is 43.5 Å². The van der Waals surface area contributed by atoms with Gasteiger partial charge < -0.3 is 9.47 Å². The molecule has 11 heteroatoms. The van der Waals surface area contributed by atoms with E-state index in [2.05, 4.69) is 11.8 Å². The summed E-state index contributed by atoms with van der Waals surface area (Å²) in [6, 6.07) is 12.2. The molecule has 9 nitrogen and oxygen atoms in total. The van der Waals surface area contributed by atoms with Crippen LogP contribution in [0.25, 0.3) is 10.2 Å². The Kier molecular flexibility index (Phi) is 9.37. The van der Waals surface area contributed by atoms with Crippen LogP contribution in [0.2, 0.25) is 0 Å². The summed E-state index contributed by atoms with van der Waals surface area (Å²) >= 11 is 1.46. The maximum atomic E-state index is 13.9. The number of hydrogen-bond donors (Lipinski definition) is 0. The lowest BCUT2D eigenvalue weighted by Crippen LogP contribution is -2.39. The largest absolute Gasteiger partial charge is 0.492 e. The Hall–Kier alpha value is -2.57. The number of rotatable bonds is 10. The van der Waals surface area contributed by atoms with Crippen LogP contribution in [-0.2, 0) is 14.8 Å². The molecule has 2 fully saturated rings. The van der Waals surface area contributed by atoms with Crippen LogP contribution in [0.5, 0.6) is 5.75 Å². The van der Waals surface area contributed by atoms with Crippen LogP contribution in [-0.4, -0.2) is 87.6 Å². The Balaban J connectivity index is 1.38. The first-order valence-electron chi connectivity index (χ1n) is 14.1. The van der Waals surface area contributed by atoms with Crippen molar-refractivity contribution < 1.29 is 22.7 Å². The summed E-state index contributed by atoms with van der Waals surface area (Å²) in [4.78, 5) is 23.0. The highest BCUT2D eigenvalue weighted by Crippen LogP contribution is 2.35. The molecule has 0 aliphatic carbocycles. The van der Waals surface area contributed by atoms with Crippen molar-refractivity contribution in [2.24, 2.45) is 5.92 Å². The van der Waals surface area contributed by atoms with Gasteiger partial charge >= 0.3 is 0 Å². The molecule has 2 aliphatic rings. The number of anilines is 1. The molecule has 0 N–H and O–H groups in total. The molecule has 40 heavy (non-hydrogen) atoms. The first-order chi connectivity index (χ1) is 19.4. The molecule has 0 saturated carbocycles. The number of aromatic nitrogens is 1. The predicted octanol–water partition coefficient (Wildman–Crippen LogP) is 4.48. The van der Waals surface area contributed by atoms with Gasteiger partial charge in [-0.3, -0.25) is 14.6 Å². The quantitative estimate of drug-likeness (QED) is 0.346. The first kappa shape index (κ1) is 28.9. The summed E-state index contributed by atoms with van der Waals surface area (Å²) < 4.78 is 40.2. The van der Waals surface area contributed by atoms with Gasteiger partial charge in [0.05, 0.1) is 29.4 Å². The van der Waals surface area contributed by atoms with E-state index in [4.69, 9.17) is 14.5 Å². The van der Waals surface area contributed by atoms with Gasteiger partial charge in [-0.1, -0.05) is 24.3 Å². The van der Waals surface area contributed by atoms with E-state index >= 15 is 0 Å². The maximum absolute atomic E-state index is 13.9. The van der Waals surface area contributed by atoms with Crippen molar-refractivity contribution in [3.63, 3.8) is 0 Å². The second-order valence-corrected chi connectivity index (χ2v) is 13.4. The molecule has 2 aromatic carbocycles. The third-order valence-electron chi connectivity index (χ3n) is 7.59. The molecule has 2 saturated heterocycles. The predicted molar refractivity (Wildman–Crippen MR) is 158 cm³/mol. The smallest absolute Gasteiger partial charge is 0.260 e. The van der Waals surface area contributed by atoms with Crippen molar-refractivity contribution in [1.29, 1.82) is 0 Å². The number of nitrogens with zero attached hydrogens (tertiary/aromatic N) is 4. The van der Waals surface area contributed by atoms with E-state index in [1.54, 1.807) is 33.5 Å². The van der Waals surface area contributed by atoms with Gasteiger partial charge in [-0.25, -0.2) is 13.4 Å². The molecule has 0 bridgehead atoms. The first-order valence-corrected chi connectivity index (χ1v) is 16.4. The fourth-order valence-electron chi connectivity index (χ4n) is 5.16. The molecule has 1 aromatic heterocycles. The van der Waals surface area contributed by atoms with Crippen LogP contribution in [0.15, 0.2) is 47.4 Å². The summed E-state index contributed by atoms with van der Waals surface area (Å²) in [5, 5.41) is 0.605. The van der Waals surface area contributed by atoms with E-state index in [-0.39, 0.29) is 10.8 Å². The summed E-state index contributed by atoms with van der Waals surface area (Å²) in [7, 11) is -3.59. The van der Waals surface area contributed by atoms with E-state index in [1.165, 1.54) is 11.3 Å². The zero-order chi connectivity index (χ0) is 28.1. The lowest BCUT2D eigenvalue weighted by atomic mass is 10.0. The number of hydrogen-bond acceptors (Lipinski definition) is 8. The molecule has 3 aromatic rings. The summed E-state index contributed by atoms with van der Waals surface area (Å²) in [6.45, 7) is 10.3. The number of fused-ring (bicyclic) bond motifs is 1. The number of amides is 1. The molecular formula is C29H38N4O5S2. The van der Waals surface area contributed by atoms with E-state index in [0.717, 1.165) is 62.3 Å². The highest BCUT2D eigenvalue weighted by Gasteiger charge is 2.29. The third kappa shape index (κ3) is 6.49. The van der Waals surface area contributed by atoms with Crippen molar-refractivity contribution in [2.75, 3.05) is 64.0 Å². The SMILES string of the molecule is CCOc1cccc2sc(N(CCCN3CCOCC3)C(=O)c3ccc(S(=O)(=O)N4CCC(C)CC4)cc3)nc12. The minimum atomic E-state index is -3.59. The lowest BCUT2D eigenvalue weighted by Gasteiger charge is -2.29. The van der Waals surface area contributed by atoms with Crippen molar-refractivity contribution in [1.82, 2.24) is 14.2 Å². The topological polar surface area (TPSA) is 92.3 Å². The van der Waals surface area contributed by atoms with Crippen LogP contribution >= 0.6 is 11.3 Å². The van der Waals surface area contributed by atoms with Crippen LogP contribution in [0.3, 0.4) is 0 Å². The number of carbonyl (C=O) groups is 1. The second-order valence-electron chi connectivity index (χ2n) is 10.4. The van der Waals surface area contributed by atoms with Crippen molar-refractivity contribution in [3.05, 3.63) is 48.0 Å². The molecular weight excluding hydrogens is 548 g/mol. The van der Waals surface area contributed by atoms with Gasteiger partial charge in [-0.15, -0.1) is 0 Å². The van der Waals surface area contributed by atoms with E-state index in [1.807, 2.05) is 25.1 Å². The number of carbonyl (C=O) groups excluding carboxylic acids is 1. The highest BCUT2D eigenvalue weighted by molar-refractivity contribution is 7.89. The zero-order valence-electron chi connectivity index (χ0n) is 23.3. The highest BCUT2D eigenvalue weighted by atomic mass is 32.2. The van der Waals surface area contributed by atoms with Crippen molar-refractivity contribution >= 4 is 42.6 Å². The molecule has 216 valence electrons. The number of thiazole rings is 1. The molecule has 3 heterocycles. The van der Waals surface area contributed by atoms with Gasteiger partial charge in [0.1, 0.15) is 11.3 Å². The summed E-state index contributed by atoms with van der Waals surface area (Å²) in [5.74, 6) is 1.03. The normalized spacial score (nSPS) is 17.8. The molecule has 2 aliphatic heterocycles. The third-order valence-corrected chi connectivity index (χ3v) is 10.5. The Labute approximate surface area is 240 Å². The lowest BCUT2D eigenvalue weighted by molar-refractivity contribution is 0.0376. The molecule has 0 spiro atoms. The second kappa shape index (κ2) is 12.9. The Morgan fingerprint density at radius 2 is 1.82 bits per heavy atom. The molecule has 0 unspecified atom stereocenters. The van der Waals surface area contributed by atoms with Crippen LogP contribution in [0, 0.1) is 5.92 Å². The van der Waals surface area contributed by atoms with Crippen molar-refractivity contribution in [3.8, 4) is 5.75 Å². The summed E-state index contributed by atoms with van der Waals surface area (Å²) in [5.41, 5.74) is 1.18. The molecule has 0 radical (unpaired) electrons. The number of ether oxygens (including phenoxy) is 2. The molecule has 1 amide bonds. The summed E-state index contributed by atoms with van der Waals surface area (Å²) in [6.07, 6.45) is 2.50. The van der Waals surface area contributed by atoms with Crippen LogP contribution in [0.4, 0.5) is 5.13 Å². The van der Waals surface area contributed by atoms with Gasteiger partial charge in [0, 0.05) is 44.8 Å². The fraction of sp³-hybridized carbons (Fsp3) is 0.517. The van der Waals surface area contributed by atoms with Gasteiger partial charge in [-0.2, -0.15) is 4.31 Å². The Morgan fingerprint density at radius 1 is 1.10 bits per heavy atom. The van der Waals surface area contributed by atoms with E-state index in [0.29, 0.717) is 48.6 Å². The monoisotopic (exact) mass is 586 g/mol. The number of para-hydroxylation sites is 1. The minimum absolute atomic E-state index is 0.199. The fourth-order valence-corrected chi connectivity index (χ4v) is 7.64. The minimum Gasteiger partial charge on any atom is -0.492 e. The molecule has 0 atom stereocenters. The van der Waals surface area contributed by atoms with Gasteiger partial charge in [0.2, 0.25) is 10.0 Å².